The van der Waals surface area contributed by atoms with Gasteiger partial charge in [-0.3, -0.25) is 0 Å². The Morgan fingerprint density at radius 1 is 1.00 bits per heavy atom. The Balaban J connectivity index is 1.81. The highest BCUT2D eigenvalue weighted by Crippen LogP contribution is 2.23. The van der Waals surface area contributed by atoms with Crippen molar-refractivity contribution in [2.75, 3.05) is 0 Å². The SMILES string of the molecule is NC1N=C(N=Nc2ncccn2)N=CC1(N)c1ccccc1. The van der Waals surface area contributed by atoms with Gasteiger partial charge in [0.25, 0.3) is 11.9 Å². The van der Waals surface area contributed by atoms with Gasteiger partial charge in [0.1, 0.15) is 11.7 Å². The fourth-order valence-corrected chi connectivity index (χ4v) is 1.96. The molecule has 0 spiro atoms. The molecular weight excluding hydrogens is 280 g/mol. The maximum atomic E-state index is 6.32. The highest BCUT2D eigenvalue weighted by molar-refractivity contribution is 5.94. The molecule has 0 aliphatic carbocycles. The summed E-state index contributed by atoms with van der Waals surface area (Å²) in [5.74, 6) is 0.360. The molecule has 0 bridgehead atoms. The number of guanidine groups is 1. The average molecular weight is 294 g/mol. The van der Waals surface area contributed by atoms with Gasteiger partial charge in [-0.2, -0.15) is 0 Å². The summed E-state index contributed by atoms with van der Waals surface area (Å²) >= 11 is 0. The fourth-order valence-electron chi connectivity index (χ4n) is 1.96. The van der Waals surface area contributed by atoms with Gasteiger partial charge in [0, 0.05) is 18.6 Å². The lowest BCUT2D eigenvalue weighted by Gasteiger charge is -2.31. The molecule has 22 heavy (non-hydrogen) atoms. The second-order valence-electron chi connectivity index (χ2n) is 4.68. The third-order valence-corrected chi connectivity index (χ3v) is 3.19. The van der Waals surface area contributed by atoms with Gasteiger partial charge < -0.3 is 11.5 Å². The lowest BCUT2D eigenvalue weighted by molar-refractivity contribution is 0.482. The van der Waals surface area contributed by atoms with Crippen molar-refractivity contribution in [3.8, 4) is 0 Å². The zero-order chi connectivity index (χ0) is 15.4. The van der Waals surface area contributed by atoms with Crippen LogP contribution in [0.25, 0.3) is 0 Å². The van der Waals surface area contributed by atoms with E-state index in [0.717, 1.165) is 5.56 Å². The van der Waals surface area contributed by atoms with Gasteiger partial charge in [-0.25, -0.2) is 20.0 Å². The van der Waals surface area contributed by atoms with Crippen LogP contribution < -0.4 is 11.5 Å². The van der Waals surface area contributed by atoms with Gasteiger partial charge in [-0.1, -0.05) is 30.3 Å². The second kappa shape index (κ2) is 5.88. The first kappa shape index (κ1) is 14.1. The monoisotopic (exact) mass is 294 g/mol. The molecule has 1 aliphatic rings. The van der Waals surface area contributed by atoms with Crippen molar-refractivity contribution >= 4 is 18.1 Å². The first-order valence-electron chi connectivity index (χ1n) is 6.60. The molecule has 4 N–H and O–H groups in total. The van der Waals surface area contributed by atoms with E-state index < -0.39 is 11.7 Å². The van der Waals surface area contributed by atoms with E-state index in [1.54, 1.807) is 24.7 Å². The summed E-state index contributed by atoms with van der Waals surface area (Å²) in [7, 11) is 0. The molecule has 0 fully saturated rings. The van der Waals surface area contributed by atoms with Crippen molar-refractivity contribution in [1.82, 2.24) is 9.97 Å². The van der Waals surface area contributed by atoms with E-state index in [0.29, 0.717) is 0 Å². The van der Waals surface area contributed by atoms with Gasteiger partial charge in [-0.05, 0) is 11.6 Å². The van der Waals surface area contributed by atoms with Crippen molar-refractivity contribution in [3.63, 3.8) is 0 Å². The van der Waals surface area contributed by atoms with E-state index in [9.17, 15) is 0 Å². The molecule has 3 rings (SSSR count). The predicted molar refractivity (Wildman–Crippen MR) is 82.8 cm³/mol. The molecule has 8 nitrogen and oxygen atoms in total. The average Bonchev–Trinajstić information content (AvgIpc) is 2.58. The van der Waals surface area contributed by atoms with Crippen LogP contribution in [0, 0.1) is 0 Å². The van der Waals surface area contributed by atoms with Crippen molar-refractivity contribution in [3.05, 3.63) is 54.4 Å². The maximum Gasteiger partial charge on any atom is 0.268 e. The summed E-state index contributed by atoms with van der Waals surface area (Å²) in [6, 6.07) is 11.1. The van der Waals surface area contributed by atoms with E-state index in [2.05, 4.69) is 30.2 Å². The number of hydrogen-bond donors (Lipinski definition) is 2. The normalized spacial score (nSPS) is 24.5. The van der Waals surface area contributed by atoms with Crippen LogP contribution in [0.15, 0.2) is 69.0 Å². The number of aliphatic imine (C=N–C) groups is 2. The highest BCUT2D eigenvalue weighted by atomic mass is 15.3. The van der Waals surface area contributed by atoms with Crippen LogP contribution in [0.1, 0.15) is 5.56 Å². The van der Waals surface area contributed by atoms with E-state index >= 15 is 0 Å². The Morgan fingerprint density at radius 3 is 2.41 bits per heavy atom. The summed E-state index contributed by atoms with van der Waals surface area (Å²) in [4.78, 5) is 16.2. The Kier molecular flexibility index (Phi) is 3.77. The van der Waals surface area contributed by atoms with Crippen molar-refractivity contribution in [1.29, 1.82) is 0 Å². The number of nitrogens with two attached hydrogens (primary N) is 2. The Labute approximate surface area is 126 Å². The molecule has 1 aliphatic heterocycles. The Bertz CT molecular complexity index is 725. The molecule has 0 saturated heterocycles. The summed E-state index contributed by atoms with van der Waals surface area (Å²) in [6.45, 7) is 0. The molecule has 0 amide bonds. The number of azo groups is 1. The first-order chi connectivity index (χ1) is 10.7. The van der Waals surface area contributed by atoms with Gasteiger partial charge in [-0.15, -0.1) is 10.2 Å². The third-order valence-electron chi connectivity index (χ3n) is 3.19. The molecule has 2 unspecified atom stereocenters. The lowest BCUT2D eigenvalue weighted by atomic mass is 9.89. The van der Waals surface area contributed by atoms with E-state index in [1.807, 2.05) is 30.3 Å². The summed E-state index contributed by atoms with van der Waals surface area (Å²) < 4.78 is 0. The zero-order valence-corrected chi connectivity index (χ0v) is 11.6. The van der Waals surface area contributed by atoms with Gasteiger partial charge >= 0.3 is 0 Å². The number of nitrogens with zero attached hydrogens (tertiary/aromatic N) is 6. The topological polar surface area (TPSA) is 127 Å². The van der Waals surface area contributed by atoms with Crippen LogP contribution in [0.2, 0.25) is 0 Å². The molecule has 0 saturated carbocycles. The molecule has 1 aromatic heterocycles. The lowest BCUT2D eigenvalue weighted by Crippen LogP contribution is -2.54. The number of aromatic nitrogens is 2. The number of hydrogen-bond acceptors (Lipinski definition) is 8. The van der Waals surface area contributed by atoms with Crippen molar-refractivity contribution in [2.24, 2.45) is 31.7 Å². The molecule has 2 atom stereocenters. The minimum Gasteiger partial charge on any atom is -0.314 e. The largest absolute Gasteiger partial charge is 0.314 e. The molecule has 0 radical (unpaired) electrons. The van der Waals surface area contributed by atoms with Crippen LogP contribution in [0.4, 0.5) is 5.95 Å². The van der Waals surface area contributed by atoms with Crippen LogP contribution in [0.3, 0.4) is 0 Å². The Hall–Kier alpha value is -2.84. The van der Waals surface area contributed by atoms with E-state index in [4.69, 9.17) is 11.5 Å². The molecule has 110 valence electrons. The molecule has 2 aromatic rings. The van der Waals surface area contributed by atoms with Gasteiger partial charge in [0.2, 0.25) is 0 Å². The van der Waals surface area contributed by atoms with Crippen molar-refractivity contribution in [2.45, 2.75) is 11.7 Å². The number of benzene rings is 1. The highest BCUT2D eigenvalue weighted by Gasteiger charge is 2.35. The van der Waals surface area contributed by atoms with Crippen LogP contribution in [-0.4, -0.2) is 28.3 Å². The smallest absolute Gasteiger partial charge is 0.268 e. The fraction of sp³-hybridized carbons (Fsp3) is 0.143. The molecule has 8 heteroatoms. The molecular formula is C14H14N8. The number of rotatable bonds is 2. The van der Waals surface area contributed by atoms with Gasteiger partial charge in [0.05, 0.1) is 0 Å². The van der Waals surface area contributed by atoms with Crippen LogP contribution >= 0.6 is 0 Å². The third kappa shape index (κ3) is 2.78. The molecule has 2 heterocycles. The summed E-state index contributed by atoms with van der Waals surface area (Å²) in [6.07, 6.45) is 3.97. The van der Waals surface area contributed by atoms with Gasteiger partial charge in [0.15, 0.2) is 0 Å². The molecule has 1 aromatic carbocycles. The predicted octanol–water partition coefficient (Wildman–Crippen LogP) is 1.14. The maximum absolute atomic E-state index is 6.32. The quantitative estimate of drug-likeness (QED) is 0.805. The van der Waals surface area contributed by atoms with E-state index in [-0.39, 0.29) is 11.9 Å². The zero-order valence-electron chi connectivity index (χ0n) is 11.6. The summed E-state index contributed by atoms with van der Waals surface area (Å²) in [5.41, 5.74) is 12.2. The minimum atomic E-state index is -0.969. The van der Waals surface area contributed by atoms with Crippen molar-refractivity contribution < 1.29 is 0 Å². The van der Waals surface area contributed by atoms with Crippen LogP contribution in [-0.2, 0) is 5.54 Å². The minimum absolute atomic E-state index is 0.136. The van der Waals surface area contributed by atoms with E-state index in [1.165, 1.54) is 0 Å². The van der Waals surface area contributed by atoms with Crippen LogP contribution in [0.5, 0.6) is 0 Å². The summed E-state index contributed by atoms with van der Waals surface area (Å²) in [5, 5.41) is 7.73. The second-order valence-corrected chi connectivity index (χ2v) is 4.68. The Morgan fingerprint density at radius 2 is 1.73 bits per heavy atom. The standard InChI is InChI=1S/C14H14N8/c15-11-14(16,10-5-2-1-3-6-10)9-19-13(20-11)22-21-12-17-7-4-8-18-12/h1-9,11H,15-16H2. The first-order valence-corrected chi connectivity index (χ1v) is 6.60.